The molecule has 2 N–H and O–H groups in total. The van der Waals surface area contributed by atoms with Crippen molar-refractivity contribution >= 4 is 29.0 Å². The van der Waals surface area contributed by atoms with Crippen molar-refractivity contribution < 1.29 is 52.3 Å². The number of hydrogen-bond donors (Lipinski definition) is 2. The molecule has 0 aliphatic carbocycles. The molecule has 0 unspecified atom stereocenters. The van der Waals surface area contributed by atoms with Gasteiger partial charge in [-0.15, -0.1) is 5.69 Å². The molecular formula is C17H15BNO4Y-. The summed E-state index contributed by atoms with van der Waals surface area (Å²) in [4.78, 5) is 5.40. The van der Waals surface area contributed by atoms with E-state index in [1.54, 1.807) is 6.07 Å². The Kier molecular flexibility index (Phi) is 6.63. The Balaban J connectivity index is 0.00000208. The van der Waals surface area contributed by atoms with Gasteiger partial charge in [-0.3, -0.25) is 0 Å². The molecule has 0 spiro atoms. The van der Waals surface area contributed by atoms with Crippen LogP contribution in [0.25, 0.3) is 16.3 Å². The summed E-state index contributed by atoms with van der Waals surface area (Å²) in [5.74, 6) is 0.819. The third kappa shape index (κ3) is 4.48. The normalized spacial score (nSPS) is 9.96. The maximum atomic E-state index is 9.29. The number of rotatable bonds is 5. The van der Waals surface area contributed by atoms with Crippen molar-refractivity contribution in [1.29, 1.82) is 0 Å². The standard InChI is InChI=1S/C17H15BNO4.Y/c1-22-16-9-14(18(20)21)10-17(11-16)23-19-15-7-6-12-4-2-3-5-13(12)8-15;/h2-11,20-21H,1H3;/q-1;. The van der Waals surface area contributed by atoms with Gasteiger partial charge in [-0.1, -0.05) is 42.5 Å². The Morgan fingerprint density at radius 2 is 1.58 bits per heavy atom. The third-order valence-corrected chi connectivity index (χ3v) is 3.43. The summed E-state index contributed by atoms with van der Waals surface area (Å²) >= 11 is 0. The first kappa shape index (κ1) is 18.7. The van der Waals surface area contributed by atoms with Crippen molar-refractivity contribution in [3.63, 3.8) is 0 Å². The fourth-order valence-electron chi connectivity index (χ4n) is 2.25. The Morgan fingerprint density at radius 3 is 2.29 bits per heavy atom. The van der Waals surface area contributed by atoms with Gasteiger partial charge in [0.2, 0.25) is 0 Å². The van der Waals surface area contributed by atoms with Crippen LogP contribution in [-0.2, 0) is 32.7 Å². The smallest absolute Gasteiger partial charge is 0.488 e. The summed E-state index contributed by atoms with van der Waals surface area (Å²) in [6, 6.07) is 18.3. The Bertz CT molecular complexity index is 829. The topological polar surface area (TPSA) is 73.0 Å². The van der Waals surface area contributed by atoms with Crippen molar-refractivity contribution in [2.45, 2.75) is 0 Å². The number of benzene rings is 3. The van der Waals surface area contributed by atoms with Crippen molar-refractivity contribution in [3.05, 3.63) is 66.1 Å². The van der Waals surface area contributed by atoms with Crippen LogP contribution in [0, 0.1) is 0 Å². The maximum Gasteiger partial charge on any atom is 0.488 e. The minimum atomic E-state index is -1.60. The minimum absolute atomic E-state index is 0. The second-order valence-corrected chi connectivity index (χ2v) is 5.03. The van der Waals surface area contributed by atoms with Gasteiger partial charge in [0.1, 0.15) is 11.5 Å². The largest absolute Gasteiger partial charge is 0.557 e. The fraction of sp³-hybridized carbons (Fsp3) is 0.0588. The zero-order valence-corrected chi connectivity index (χ0v) is 15.9. The van der Waals surface area contributed by atoms with Gasteiger partial charge in [-0.2, -0.15) is 0 Å². The molecule has 0 atom stereocenters. The molecule has 0 saturated heterocycles. The van der Waals surface area contributed by atoms with Crippen LogP contribution in [0.1, 0.15) is 0 Å². The molecular weight excluding hydrogens is 382 g/mol. The molecule has 0 aliphatic heterocycles. The molecule has 0 bridgehead atoms. The molecule has 3 rings (SSSR count). The predicted molar refractivity (Wildman–Crippen MR) is 90.4 cm³/mol. The third-order valence-electron chi connectivity index (χ3n) is 3.43. The Labute approximate surface area is 165 Å². The van der Waals surface area contributed by atoms with Gasteiger partial charge in [0.15, 0.2) is 0 Å². The van der Waals surface area contributed by atoms with Gasteiger partial charge < -0.3 is 25.1 Å². The number of ether oxygens (including phenoxy) is 1. The molecule has 5 nitrogen and oxygen atoms in total. The number of hydrogen-bond acceptors (Lipinski definition) is 4. The molecule has 1 radical (unpaired) electrons. The van der Waals surface area contributed by atoms with Crippen LogP contribution in [0.5, 0.6) is 11.5 Å². The van der Waals surface area contributed by atoms with E-state index in [4.69, 9.17) is 9.57 Å². The van der Waals surface area contributed by atoms with Crippen LogP contribution in [0.2, 0.25) is 0 Å². The zero-order chi connectivity index (χ0) is 16.2. The molecule has 0 fully saturated rings. The van der Waals surface area contributed by atoms with E-state index in [1.165, 1.54) is 19.2 Å². The summed E-state index contributed by atoms with van der Waals surface area (Å²) in [5, 5.41) is 20.8. The van der Waals surface area contributed by atoms with Crippen molar-refractivity contribution in [2.75, 3.05) is 7.11 Å². The molecule has 7 heteroatoms. The first-order valence-corrected chi connectivity index (χ1v) is 7.08. The average Bonchev–Trinajstić information content (AvgIpc) is 2.59. The molecule has 24 heavy (non-hydrogen) atoms. The molecule has 0 amide bonds. The van der Waals surface area contributed by atoms with Crippen molar-refractivity contribution in [2.24, 2.45) is 0 Å². The Morgan fingerprint density at radius 1 is 0.875 bits per heavy atom. The van der Waals surface area contributed by atoms with Crippen LogP contribution < -0.4 is 15.0 Å². The summed E-state index contributed by atoms with van der Waals surface area (Å²) in [6.45, 7) is 0. The fourth-order valence-corrected chi connectivity index (χ4v) is 2.25. The van der Waals surface area contributed by atoms with Gasteiger partial charge in [-0.25, -0.2) is 0 Å². The monoisotopic (exact) mass is 397 g/mol. The molecule has 0 aromatic heterocycles. The van der Waals surface area contributed by atoms with Crippen LogP contribution in [0.15, 0.2) is 60.7 Å². The van der Waals surface area contributed by atoms with Gasteiger partial charge in [-0.05, 0) is 28.4 Å². The van der Waals surface area contributed by atoms with Gasteiger partial charge in [0, 0.05) is 38.8 Å². The van der Waals surface area contributed by atoms with Gasteiger partial charge >= 0.3 is 7.12 Å². The number of fused-ring (bicyclic) bond motifs is 1. The number of nitrogens with zero attached hydrogens (tertiary/aromatic N) is 1. The summed E-state index contributed by atoms with van der Waals surface area (Å²) in [7, 11) is -0.110. The molecule has 0 saturated carbocycles. The summed E-state index contributed by atoms with van der Waals surface area (Å²) < 4.78 is 5.11. The summed E-state index contributed by atoms with van der Waals surface area (Å²) in [6.07, 6.45) is 0. The maximum absolute atomic E-state index is 9.29. The molecule has 119 valence electrons. The van der Waals surface area contributed by atoms with Crippen LogP contribution in [0.4, 0.5) is 5.69 Å². The van der Waals surface area contributed by atoms with E-state index < -0.39 is 7.12 Å². The first-order chi connectivity index (χ1) is 11.2. The first-order valence-electron chi connectivity index (χ1n) is 7.08. The second kappa shape index (κ2) is 8.49. The minimum Gasteiger partial charge on any atom is -0.557 e. The van der Waals surface area contributed by atoms with E-state index in [0.29, 0.717) is 17.2 Å². The molecule has 3 aromatic rings. The van der Waals surface area contributed by atoms with Gasteiger partial charge in [0.05, 0.1) is 7.11 Å². The van der Waals surface area contributed by atoms with E-state index in [0.717, 1.165) is 10.8 Å². The van der Waals surface area contributed by atoms with Gasteiger partial charge in [0.25, 0.3) is 0 Å². The van der Waals surface area contributed by atoms with E-state index in [-0.39, 0.29) is 38.2 Å². The average molecular weight is 397 g/mol. The molecule has 3 aromatic carbocycles. The molecule has 0 heterocycles. The van der Waals surface area contributed by atoms with Crippen LogP contribution >= 0.6 is 0 Å². The predicted octanol–water partition coefficient (Wildman–Crippen LogP) is 2.52. The van der Waals surface area contributed by atoms with Crippen molar-refractivity contribution in [3.8, 4) is 11.5 Å². The van der Waals surface area contributed by atoms with E-state index in [2.05, 4.69) is 5.48 Å². The number of methoxy groups -OCH3 is 1. The van der Waals surface area contributed by atoms with E-state index >= 15 is 0 Å². The van der Waals surface area contributed by atoms with Crippen LogP contribution in [0.3, 0.4) is 0 Å². The van der Waals surface area contributed by atoms with E-state index in [1.807, 2.05) is 42.5 Å². The zero-order valence-electron chi connectivity index (χ0n) is 13.1. The Hall–Kier alpha value is -1.59. The SMILES string of the molecule is COc1cc(O[N-]c2ccc3ccccc3c2)cc(B(O)O)c1.[Y]. The molecule has 0 aliphatic rings. The summed E-state index contributed by atoms with van der Waals surface area (Å²) in [5.41, 5.74) is 5.02. The quantitative estimate of drug-likeness (QED) is 0.513. The van der Waals surface area contributed by atoms with Crippen molar-refractivity contribution in [1.82, 2.24) is 0 Å². The van der Waals surface area contributed by atoms with E-state index in [9.17, 15) is 10.0 Å². The van der Waals surface area contributed by atoms with Crippen LogP contribution in [-0.4, -0.2) is 24.3 Å². The second-order valence-electron chi connectivity index (χ2n) is 5.03.